The van der Waals surface area contributed by atoms with E-state index in [2.05, 4.69) is 0 Å². The number of carboxylic acid groups (broad SMARTS) is 1. The minimum atomic E-state index is -0.889. The van der Waals surface area contributed by atoms with Crippen molar-refractivity contribution in [1.29, 1.82) is 0 Å². The summed E-state index contributed by atoms with van der Waals surface area (Å²) in [7, 11) is 1.56. The van der Waals surface area contributed by atoms with E-state index in [1.165, 1.54) is 0 Å². The van der Waals surface area contributed by atoms with Crippen molar-refractivity contribution in [2.24, 2.45) is 0 Å². The van der Waals surface area contributed by atoms with Crippen LogP contribution in [0.5, 0.6) is 0 Å². The molecule has 0 aromatic heterocycles. The zero-order chi connectivity index (χ0) is 15.0. The Bertz CT molecular complexity index is 574. The Kier molecular flexibility index (Phi) is 3.45. The zero-order valence-electron chi connectivity index (χ0n) is 12.0. The number of nitrogens with zero attached hydrogens (tertiary/aromatic N) is 1. The molecule has 0 saturated heterocycles. The number of carbonyl (C=O) groups excluding carboxylic acids is 1. The summed E-state index contributed by atoms with van der Waals surface area (Å²) in [6.07, 6.45) is 2.42. The van der Waals surface area contributed by atoms with Gasteiger partial charge in [0, 0.05) is 20.2 Å². The topological polar surface area (TPSA) is 66.8 Å². The number of methoxy groups -OCH3 is 1. The van der Waals surface area contributed by atoms with E-state index in [1.807, 2.05) is 24.3 Å². The van der Waals surface area contributed by atoms with Crippen LogP contribution < -0.4 is 0 Å². The second-order valence-corrected chi connectivity index (χ2v) is 5.83. The van der Waals surface area contributed by atoms with E-state index in [9.17, 15) is 14.7 Å². The molecule has 1 aromatic rings. The molecule has 112 valence electrons. The highest BCUT2D eigenvalue weighted by Crippen LogP contribution is 2.39. The largest absolute Gasteiger partial charge is 0.481 e. The van der Waals surface area contributed by atoms with E-state index in [0.717, 1.165) is 30.4 Å². The van der Waals surface area contributed by atoms with Crippen molar-refractivity contribution >= 4 is 11.9 Å². The molecule has 0 radical (unpaired) electrons. The predicted molar refractivity (Wildman–Crippen MR) is 75.8 cm³/mol. The fourth-order valence-corrected chi connectivity index (χ4v) is 3.26. The number of hydrogen-bond acceptors (Lipinski definition) is 3. The molecule has 1 aliphatic carbocycles. The van der Waals surface area contributed by atoms with Gasteiger partial charge in [-0.25, -0.2) is 0 Å². The van der Waals surface area contributed by atoms with Crippen LogP contribution in [0.2, 0.25) is 0 Å². The van der Waals surface area contributed by atoms with Crippen molar-refractivity contribution in [2.45, 2.75) is 37.3 Å². The third-order valence-electron chi connectivity index (χ3n) is 4.72. The quantitative estimate of drug-likeness (QED) is 0.921. The van der Waals surface area contributed by atoms with Gasteiger partial charge in [0.05, 0.1) is 5.92 Å². The van der Waals surface area contributed by atoms with Crippen LogP contribution in [0.15, 0.2) is 24.3 Å². The molecule has 0 spiro atoms. The van der Waals surface area contributed by atoms with Gasteiger partial charge in [-0.05, 0) is 30.4 Å². The lowest BCUT2D eigenvalue weighted by atomic mass is 9.78. The van der Waals surface area contributed by atoms with Crippen LogP contribution in [0, 0.1) is 0 Å². The summed E-state index contributed by atoms with van der Waals surface area (Å²) in [5.74, 6) is -1.62. The van der Waals surface area contributed by atoms with Crippen LogP contribution in [0.4, 0.5) is 0 Å². The fraction of sp³-hybridized carbons (Fsp3) is 0.500. The molecule has 1 aliphatic heterocycles. The number of hydrogen-bond donors (Lipinski definition) is 1. The maximum atomic E-state index is 12.7. The van der Waals surface area contributed by atoms with Crippen molar-refractivity contribution in [3.8, 4) is 0 Å². The van der Waals surface area contributed by atoms with Gasteiger partial charge < -0.3 is 14.7 Å². The van der Waals surface area contributed by atoms with Crippen LogP contribution >= 0.6 is 0 Å². The predicted octanol–water partition coefficient (Wildman–Crippen LogP) is 1.77. The number of amides is 1. The summed E-state index contributed by atoms with van der Waals surface area (Å²) >= 11 is 0. The number of carbonyl (C=O) groups is 2. The zero-order valence-corrected chi connectivity index (χ0v) is 12.0. The molecule has 1 heterocycles. The Hall–Kier alpha value is -1.88. The standard InChI is InChI=1S/C16H19NO4/c1-21-16(7-4-8-16)15(20)17-9-11-5-2-3-6-12(11)13(10-17)14(18)19/h2-3,5-6,13H,4,7-10H2,1H3,(H,18,19). The maximum Gasteiger partial charge on any atom is 0.312 e. The van der Waals surface area contributed by atoms with Crippen molar-refractivity contribution in [3.63, 3.8) is 0 Å². The number of ether oxygens (including phenoxy) is 1. The molecule has 1 unspecified atom stereocenters. The summed E-state index contributed by atoms with van der Waals surface area (Å²) in [4.78, 5) is 25.9. The van der Waals surface area contributed by atoms with Crippen molar-refractivity contribution < 1.29 is 19.4 Å². The summed E-state index contributed by atoms with van der Waals surface area (Å²) in [5, 5.41) is 9.45. The number of benzene rings is 1. The van der Waals surface area contributed by atoms with Gasteiger partial charge in [-0.2, -0.15) is 0 Å². The highest BCUT2D eigenvalue weighted by molar-refractivity contribution is 5.88. The number of rotatable bonds is 3. The minimum Gasteiger partial charge on any atom is -0.481 e. The second-order valence-electron chi connectivity index (χ2n) is 5.83. The highest BCUT2D eigenvalue weighted by Gasteiger charge is 2.48. The lowest BCUT2D eigenvalue weighted by Crippen LogP contribution is -2.56. The van der Waals surface area contributed by atoms with Crippen molar-refractivity contribution in [1.82, 2.24) is 4.90 Å². The van der Waals surface area contributed by atoms with E-state index < -0.39 is 17.5 Å². The molecule has 21 heavy (non-hydrogen) atoms. The van der Waals surface area contributed by atoms with Gasteiger partial charge >= 0.3 is 5.97 Å². The SMILES string of the molecule is COC1(C(=O)N2Cc3ccccc3C(C(=O)O)C2)CCC1. The summed E-state index contributed by atoms with van der Waals surface area (Å²) in [6, 6.07) is 7.45. The van der Waals surface area contributed by atoms with Crippen molar-refractivity contribution in [3.05, 3.63) is 35.4 Å². The first-order chi connectivity index (χ1) is 10.1. The first-order valence-electron chi connectivity index (χ1n) is 7.22. The molecule has 1 N–H and O–H groups in total. The molecule has 1 fully saturated rings. The highest BCUT2D eigenvalue weighted by atomic mass is 16.5. The van der Waals surface area contributed by atoms with Gasteiger partial charge in [0.25, 0.3) is 5.91 Å². The fourth-order valence-electron chi connectivity index (χ4n) is 3.26. The maximum absolute atomic E-state index is 12.7. The summed E-state index contributed by atoms with van der Waals surface area (Å²) in [5.41, 5.74) is 0.999. The molecular formula is C16H19NO4. The number of aliphatic carboxylic acids is 1. The average molecular weight is 289 g/mol. The van der Waals surface area contributed by atoms with Gasteiger partial charge in [0.15, 0.2) is 0 Å². The first kappa shape index (κ1) is 14.1. The van der Waals surface area contributed by atoms with Gasteiger partial charge in [0.1, 0.15) is 5.60 Å². The van der Waals surface area contributed by atoms with E-state index in [4.69, 9.17) is 4.74 Å². The Labute approximate surface area is 123 Å². The smallest absolute Gasteiger partial charge is 0.312 e. The monoisotopic (exact) mass is 289 g/mol. The molecule has 1 aromatic carbocycles. The van der Waals surface area contributed by atoms with Crippen molar-refractivity contribution in [2.75, 3.05) is 13.7 Å². The molecule has 2 aliphatic rings. The minimum absolute atomic E-state index is 0.0722. The van der Waals surface area contributed by atoms with E-state index >= 15 is 0 Å². The Morgan fingerprint density at radius 1 is 1.33 bits per heavy atom. The molecule has 5 heteroatoms. The van der Waals surface area contributed by atoms with Gasteiger partial charge in [-0.15, -0.1) is 0 Å². The summed E-state index contributed by atoms with van der Waals surface area (Å²) in [6.45, 7) is 0.681. The first-order valence-corrected chi connectivity index (χ1v) is 7.22. The van der Waals surface area contributed by atoms with Gasteiger partial charge in [-0.1, -0.05) is 24.3 Å². The van der Waals surface area contributed by atoms with Crippen LogP contribution in [-0.4, -0.2) is 41.1 Å². The van der Waals surface area contributed by atoms with E-state index in [-0.39, 0.29) is 12.5 Å². The molecule has 5 nitrogen and oxygen atoms in total. The Balaban J connectivity index is 1.90. The van der Waals surface area contributed by atoms with Crippen LogP contribution in [0.1, 0.15) is 36.3 Å². The molecule has 0 bridgehead atoms. The lowest BCUT2D eigenvalue weighted by Gasteiger charge is -2.44. The van der Waals surface area contributed by atoms with Crippen LogP contribution in [-0.2, 0) is 20.9 Å². The normalized spacial score (nSPS) is 23.1. The van der Waals surface area contributed by atoms with E-state index in [0.29, 0.717) is 6.54 Å². The number of carboxylic acids is 1. The molecular weight excluding hydrogens is 270 g/mol. The van der Waals surface area contributed by atoms with Crippen LogP contribution in [0.3, 0.4) is 0 Å². The Morgan fingerprint density at radius 3 is 2.62 bits per heavy atom. The summed E-state index contributed by atoms with van der Waals surface area (Å²) < 4.78 is 5.43. The lowest BCUT2D eigenvalue weighted by molar-refractivity contribution is -0.167. The third-order valence-corrected chi connectivity index (χ3v) is 4.72. The third kappa shape index (κ3) is 2.21. The molecule has 1 amide bonds. The van der Waals surface area contributed by atoms with Gasteiger partial charge in [-0.3, -0.25) is 9.59 Å². The van der Waals surface area contributed by atoms with E-state index in [1.54, 1.807) is 12.0 Å². The molecule has 1 saturated carbocycles. The van der Waals surface area contributed by atoms with Crippen LogP contribution in [0.25, 0.3) is 0 Å². The Morgan fingerprint density at radius 2 is 2.05 bits per heavy atom. The molecule has 1 atom stereocenters. The van der Waals surface area contributed by atoms with Gasteiger partial charge in [0.2, 0.25) is 0 Å². The molecule has 3 rings (SSSR count). The average Bonchev–Trinajstić information content (AvgIpc) is 2.45. The number of fused-ring (bicyclic) bond motifs is 1. The second kappa shape index (κ2) is 5.15.